The molecule has 1 aromatic heterocycles. The van der Waals surface area contributed by atoms with Crippen molar-refractivity contribution in [3.63, 3.8) is 0 Å². The average Bonchev–Trinajstić information content (AvgIpc) is 2.78. The second-order valence-corrected chi connectivity index (χ2v) is 10.8. The van der Waals surface area contributed by atoms with Crippen molar-refractivity contribution < 1.29 is 13.2 Å². The maximum Gasteiger partial charge on any atom is 0.225 e. The second kappa shape index (κ2) is 9.09. The van der Waals surface area contributed by atoms with Gasteiger partial charge in [-0.25, -0.2) is 12.7 Å². The Morgan fingerprint density at radius 2 is 1.71 bits per heavy atom. The van der Waals surface area contributed by atoms with Crippen LogP contribution in [0.25, 0.3) is 11.1 Å². The minimum absolute atomic E-state index is 0.0814. The molecule has 3 heterocycles. The molecule has 1 unspecified atom stereocenters. The van der Waals surface area contributed by atoms with E-state index < -0.39 is 10.0 Å². The van der Waals surface area contributed by atoms with Crippen molar-refractivity contribution in [2.75, 3.05) is 32.4 Å². The minimum atomic E-state index is -3.18. The maximum absolute atomic E-state index is 13.2. The molecule has 1 atom stereocenters. The number of pyridine rings is 1. The Balaban J connectivity index is 1.46. The van der Waals surface area contributed by atoms with Crippen molar-refractivity contribution in [3.05, 3.63) is 53.9 Å². The topological polar surface area (TPSA) is 70.6 Å². The molecule has 0 bridgehead atoms. The fourth-order valence-electron chi connectivity index (χ4n) is 4.81. The van der Waals surface area contributed by atoms with Crippen LogP contribution < -0.4 is 0 Å². The first-order valence-electron chi connectivity index (χ1n) is 11.1. The number of piperidine rings is 2. The van der Waals surface area contributed by atoms with Gasteiger partial charge in [0, 0.05) is 49.4 Å². The molecule has 0 spiro atoms. The summed E-state index contributed by atoms with van der Waals surface area (Å²) in [5.74, 6) is 0.326. The van der Waals surface area contributed by atoms with Crippen LogP contribution in [0.3, 0.4) is 0 Å². The number of rotatable bonds is 4. The lowest BCUT2D eigenvalue weighted by molar-refractivity contribution is -0.138. The molecule has 0 N–H and O–H groups in total. The van der Waals surface area contributed by atoms with Gasteiger partial charge >= 0.3 is 0 Å². The van der Waals surface area contributed by atoms with Gasteiger partial charge in [0.15, 0.2) is 0 Å². The number of amides is 1. The Morgan fingerprint density at radius 3 is 2.39 bits per heavy atom. The molecule has 7 heteroatoms. The molecule has 2 aliphatic rings. The Hall–Kier alpha value is -2.25. The predicted octanol–water partition coefficient (Wildman–Crippen LogP) is 3.43. The summed E-state index contributed by atoms with van der Waals surface area (Å²) in [6.45, 7) is 4.37. The van der Waals surface area contributed by atoms with Crippen LogP contribution >= 0.6 is 0 Å². The third-order valence-electron chi connectivity index (χ3n) is 6.50. The van der Waals surface area contributed by atoms with Gasteiger partial charge in [0.2, 0.25) is 15.9 Å². The molecular weight excluding hydrogens is 410 g/mol. The molecular formula is C24H31N3O3S. The summed E-state index contributed by atoms with van der Waals surface area (Å²) in [6, 6.07) is 14.6. The molecule has 1 amide bonds. The Labute approximate surface area is 185 Å². The van der Waals surface area contributed by atoms with Crippen LogP contribution in [0, 0.1) is 12.8 Å². The highest BCUT2D eigenvalue weighted by atomic mass is 32.2. The minimum Gasteiger partial charge on any atom is -0.342 e. The number of aryl methyl sites for hydroxylation is 1. The zero-order valence-electron chi connectivity index (χ0n) is 18.3. The van der Waals surface area contributed by atoms with Gasteiger partial charge < -0.3 is 4.90 Å². The maximum atomic E-state index is 13.2. The Morgan fingerprint density at radius 1 is 1.00 bits per heavy atom. The molecule has 2 saturated heterocycles. The Kier molecular flexibility index (Phi) is 6.44. The molecule has 166 valence electrons. The smallest absolute Gasteiger partial charge is 0.225 e. The van der Waals surface area contributed by atoms with Crippen molar-refractivity contribution in [1.82, 2.24) is 14.2 Å². The highest BCUT2D eigenvalue weighted by Crippen LogP contribution is 2.31. The predicted molar refractivity (Wildman–Crippen MR) is 122 cm³/mol. The van der Waals surface area contributed by atoms with E-state index in [1.54, 1.807) is 0 Å². The van der Waals surface area contributed by atoms with E-state index in [-0.39, 0.29) is 17.7 Å². The lowest BCUT2D eigenvalue weighted by Gasteiger charge is -2.37. The van der Waals surface area contributed by atoms with Gasteiger partial charge in [-0.15, -0.1) is 0 Å². The van der Waals surface area contributed by atoms with Gasteiger partial charge in [-0.05, 0) is 55.9 Å². The van der Waals surface area contributed by atoms with E-state index in [1.165, 1.54) is 21.7 Å². The van der Waals surface area contributed by atoms with E-state index in [1.807, 2.05) is 30.0 Å². The number of sulfonamides is 1. The molecule has 0 saturated carbocycles. The van der Waals surface area contributed by atoms with E-state index in [2.05, 4.69) is 24.3 Å². The number of carbonyl (C=O) groups excluding carboxylic acids is 1. The molecule has 0 aliphatic carbocycles. The van der Waals surface area contributed by atoms with Gasteiger partial charge in [0.1, 0.15) is 0 Å². The highest BCUT2D eigenvalue weighted by molar-refractivity contribution is 7.88. The van der Waals surface area contributed by atoms with Gasteiger partial charge in [-0.3, -0.25) is 9.78 Å². The number of carbonyl (C=O) groups is 1. The summed E-state index contributed by atoms with van der Waals surface area (Å²) in [6.07, 6.45) is 4.45. The third-order valence-corrected chi connectivity index (χ3v) is 7.81. The van der Waals surface area contributed by atoms with E-state index in [0.29, 0.717) is 32.5 Å². The zero-order valence-corrected chi connectivity index (χ0v) is 19.1. The Bertz CT molecular complexity index is 1030. The molecule has 2 aromatic rings. The first-order chi connectivity index (χ1) is 14.8. The monoisotopic (exact) mass is 441 g/mol. The average molecular weight is 442 g/mol. The van der Waals surface area contributed by atoms with E-state index in [4.69, 9.17) is 4.98 Å². The SMILES string of the molecule is Cc1cc(-c2ccccc2)cc(C2CCCN(C(=O)C3CCN(S(C)(=O)=O)CC3)C2)n1. The number of nitrogens with zero attached hydrogens (tertiary/aromatic N) is 3. The quantitative estimate of drug-likeness (QED) is 0.729. The van der Waals surface area contributed by atoms with Crippen LogP contribution in [-0.2, 0) is 14.8 Å². The van der Waals surface area contributed by atoms with Crippen LogP contribution in [0.1, 0.15) is 43.0 Å². The van der Waals surface area contributed by atoms with E-state index in [0.717, 1.165) is 30.8 Å². The molecule has 31 heavy (non-hydrogen) atoms. The highest BCUT2D eigenvalue weighted by Gasteiger charge is 2.34. The number of likely N-dealkylation sites (tertiary alicyclic amines) is 1. The number of hydrogen-bond acceptors (Lipinski definition) is 4. The molecule has 1 aromatic carbocycles. The summed E-state index contributed by atoms with van der Waals surface area (Å²) in [5, 5.41) is 0. The van der Waals surface area contributed by atoms with Crippen molar-refractivity contribution in [2.45, 2.75) is 38.5 Å². The zero-order chi connectivity index (χ0) is 22.0. The first-order valence-corrected chi connectivity index (χ1v) is 12.9. The summed E-state index contributed by atoms with van der Waals surface area (Å²) in [5.41, 5.74) is 4.39. The van der Waals surface area contributed by atoms with Crippen molar-refractivity contribution in [3.8, 4) is 11.1 Å². The lowest BCUT2D eigenvalue weighted by Crippen LogP contribution is -2.46. The van der Waals surface area contributed by atoms with Crippen LogP contribution in [-0.4, -0.2) is 60.9 Å². The van der Waals surface area contributed by atoms with Gasteiger partial charge in [-0.1, -0.05) is 30.3 Å². The summed E-state index contributed by atoms with van der Waals surface area (Å²) < 4.78 is 25.0. The normalized spacial score (nSPS) is 21.2. The summed E-state index contributed by atoms with van der Waals surface area (Å²) in [4.78, 5) is 20.0. The summed E-state index contributed by atoms with van der Waals surface area (Å²) >= 11 is 0. The summed E-state index contributed by atoms with van der Waals surface area (Å²) in [7, 11) is -3.18. The third kappa shape index (κ3) is 5.15. The van der Waals surface area contributed by atoms with Crippen molar-refractivity contribution in [2.24, 2.45) is 5.92 Å². The van der Waals surface area contributed by atoms with Gasteiger partial charge in [-0.2, -0.15) is 0 Å². The van der Waals surface area contributed by atoms with E-state index in [9.17, 15) is 13.2 Å². The standard InChI is InChI=1S/C24H31N3O3S/c1-18-15-22(19-7-4-3-5-8-19)16-23(25-18)21-9-6-12-26(17-21)24(28)20-10-13-27(14-11-20)31(2,29)30/h3-5,7-8,15-16,20-21H,6,9-14,17H2,1-2H3. The number of aromatic nitrogens is 1. The van der Waals surface area contributed by atoms with Crippen LogP contribution in [0.4, 0.5) is 0 Å². The largest absolute Gasteiger partial charge is 0.342 e. The molecule has 2 aliphatic heterocycles. The van der Waals surface area contributed by atoms with Crippen LogP contribution in [0.15, 0.2) is 42.5 Å². The fourth-order valence-corrected chi connectivity index (χ4v) is 5.69. The van der Waals surface area contributed by atoms with E-state index >= 15 is 0 Å². The van der Waals surface area contributed by atoms with Crippen LogP contribution in [0.5, 0.6) is 0 Å². The lowest BCUT2D eigenvalue weighted by atomic mass is 9.90. The molecule has 0 radical (unpaired) electrons. The molecule has 2 fully saturated rings. The fraction of sp³-hybridized carbons (Fsp3) is 0.500. The van der Waals surface area contributed by atoms with Gasteiger partial charge in [0.25, 0.3) is 0 Å². The van der Waals surface area contributed by atoms with Crippen LogP contribution in [0.2, 0.25) is 0 Å². The van der Waals surface area contributed by atoms with Crippen molar-refractivity contribution >= 4 is 15.9 Å². The first kappa shape index (κ1) is 22.0. The number of benzene rings is 1. The molecule has 4 rings (SSSR count). The molecule has 6 nitrogen and oxygen atoms in total. The van der Waals surface area contributed by atoms with Gasteiger partial charge in [0.05, 0.1) is 6.26 Å². The van der Waals surface area contributed by atoms with Crippen molar-refractivity contribution in [1.29, 1.82) is 0 Å². The second-order valence-electron chi connectivity index (χ2n) is 8.85. The number of hydrogen-bond donors (Lipinski definition) is 0.